The molecule has 0 aromatic carbocycles. The molecule has 0 spiro atoms. The second kappa shape index (κ2) is 57.2. The van der Waals surface area contributed by atoms with Crippen LogP contribution in [0.1, 0.15) is 325 Å². The van der Waals surface area contributed by atoms with E-state index in [2.05, 4.69) is 48.5 Å². The number of phosphoric acid groups is 2. The zero-order valence-corrected chi connectivity index (χ0v) is 56.9. The van der Waals surface area contributed by atoms with Crippen molar-refractivity contribution < 1.29 is 80.2 Å². The molecule has 0 aliphatic rings. The predicted molar refractivity (Wildman–Crippen MR) is 340 cm³/mol. The Morgan fingerprint density at radius 2 is 0.600 bits per heavy atom. The Balaban J connectivity index is 5.25. The van der Waals surface area contributed by atoms with E-state index in [1.54, 1.807) is 0 Å². The third kappa shape index (κ3) is 58.2. The Labute approximate surface area is 517 Å². The maximum absolute atomic E-state index is 13.0. The molecule has 4 unspecified atom stereocenters. The minimum Gasteiger partial charge on any atom is -0.462 e. The van der Waals surface area contributed by atoms with E-state index in [0.717, 1.165) is 108 Å². The smallest absolute Gasteiger partial charge is 0.462 e. The minimum absolute atomic E-state index is 0.103. The Hall–Kier alpha value is -1.94. The van der Waals surface area contributed by atoms with Crippen molar-refractivity contribution in [2.75, 3.05) is 39.6 Å². The topological polar surface area (TPSA) is 237 Å². The van der Waals surface area contributed by atoms with Gasteiger partial charge in [0.05, 0.1) is 26.4 Å². The number of carbonyl (C=O) groups is 4. The van der Waals surface area contributed by atoms with E-state index in [1.165, 1.54) is 135 Å². The molecule has 0 radical (unpaired) electrons. The van der Waals surface area contributed by atoms with Crippen LogP contribution in [-0.4, -0.2) is 96.7 Å². The lowest BCUT2D eigenvalue weighted by atomic mass is 9.99. The van der Waals surface area contributed by atoms with E-state index >= 15 is 0 Å². The average Bonchev–Trinajstić information content (AvgIpc) is 3.59. The number of hydrogen-bond acceptors (Lipinski definition) is 15. The summed E-state index contributed by atoms with van der Waals surface area (Å²) >= 11 is 0. The zero-order valence-electron chi connectivity index (χ0n) is 55.1. The first kappa shape index (κ1) is 83.1. The zero-order chi connectivity index (χ0) is 63.1. The molecule has 0 aromatic rings. The molecular formula is C66H128O17P2. The maximum Gasteiger partial charge on any atom is 0.472 e. The van der Waals surface area contributed by atoms with E-state index in [1.807, 2.05) is 0 Å². The fourth-order valence-electron chi connectivity index (χ4n) is 9.77. The summed E-state index contributed by atoms with van der Waals surface area (Å²) in [6, 6.07) is 0. The summed E-state index contributed by atoms with van der Waals surface area (Å²) in [5.41, 5.74) is 0. The number of aliphatic hydroxyl groups excluding tert-OH is 1. The molecule has 0 amide bonds. The second-order valence-electron chi connectivity index (χ2n) is 24.8. The van der Waals surface area contributed by atoms with Crippen LogP contribution in [0.4, 0.5) is 0 Å². The normalized spacial score (nSPS) is 15.0. The van der Waals surface area contributed by atoms with Gasteiger partial charge in [-0.3, -0.25) is 37.3 Å². The van der Waals surface area contributed by atoms with Gasteiger partial charge < -0.3 is 33.8 Å². The van der Waals surface area contributed by atoms with Crippen LogP contribution in [0.5, 0.6) is 0 Å². The Morgan fingerprint density at radius 1 is 0.341 bits per heavy atom. The monoisotopic (exact) mass is 1250 g/mol. The van der Waals surface area contributed by atoms with Crippen LogP contribution in [-0.2, 0) is 65.4 Å². The number of phosphoric ester groups is 2. The van der Waals surface area contributed by atoms with E-state index in [4.69, 9.17) is 37.0 Å². The molecular weight excluding hydrogens is 1130 g/mol. The lowest BCUT2D eigenvalue weighted by Gasteiger charge is -2.21. The highest BCUT2D eigenvalue weighted by Gasteiger charge is 2.30. The van der Waals surface area contributed by atoms with Gasteiger partial charge in [-0.05, 0) is 43.4 Å². The number of hydrogen-bond donors (Lipinski definition) is 3. The molecule has 0 aromatic heterocycles. The van der Waals surface area contributed by atoms with Crippen molar-refractivity contribution in [3.8, 4) is 0 Å². The largest absolute Gasteiger partial charge is 0.472 e. The maximum atomic E-state index is 13.0. The Bertz CT molecular complexity index is 1690. The van der Waals surface area contributed by atoms with Crippen molar-refractivity contribution in [1.82, 2.24) is 0 Å². The van der Waals surface area contributed by atoms with Crippen molar-refractivity contribution in [2.24, 2.45) is 17.8 Å². The van der Waals surface area contributed by atoms with Crippen molar-refractivity contribution in [1.29, 1.82) is 0 Å². The molecule has 3 N–H and O–H groups in total. The number of ether oxygens (including phenoxy) is 4. The van der Waals surface area contributed by atoms with Gasteiger partial charge in [0.15, 0.2) is 12.2 Å². The highest BCUT2D eigenvalue weighted by molar-refractivity contribution is 7.47. The van der Waals surface area contributed by atoms with E-state index in [9.17, 15) is 43.2 Å². The van der Waals surface area contributed by atoms with Crippen LogP contribution in [0.2, 0.25) is 0 Å². The second-order valence-corrected chi connectivity index (χ2v) is 27.7. The molecule has 504 valence electrons. The highest BCUT2D eigenvalue weighted by Crippen LogP contribution is 2.45. The molecule has 85 heavy (non-hydrogen) atoms. The van der Waals surface area contributed by atoms with Crippen molar-refractivity contribution in [3.05, 3.63) is 0 Å². The number of aliphatic hydroxyl groups is 1. The summed E-state index contributed by atoms with van der Waals surface area (Å²) in [6.45, 7) is 11.8. The van der Waals surface area contributed by atoms with Gasteiger partial charge in [0.25, 0.3) is 0 Å². The first-order valence-corrected chi connectivity index (χ1v) is 37.4. The molecule has 0 rings (SSSR count). The number of esters is 4. The van der Waals surface area contributed by atoms with Gasteiger partial charge in [0.2, 0.25) is 0 Å². The third-order valence-corrected chi connectivity index (χ3v) is 17.8. The van der Waals surface area contributed by atoms with Crippen LogP contribution in [0.3, 0.4) is 0 Å². The van der Waals surface area contributed by atoms with Gasteiger partial charge in [0, 0.05) is 25.7 Å². The van der Waals surface area contributed by atoms with Crippen LogP contribution in [0.15, 0.2) is 0 Å². The predicted octanol–water partition coefficient (Wildman–Crippen LogP) is 18.3. The SMILES string of the molecule is CCCCCCCCCCCC(=O)OC[C@H](COP(=O)(O)OC[C@H](O)COP(=O)(O)OC[C@@H](COC(=O)CCCCCCCCCCC(C)CC)OC(=O)CCCCCCCCCCCCCC(C)C)OC(=O)CCCCCCCCC(C)CC. The van der Waals surface area contributed by atoms with E-state index in [-0.39, 0.29) is 25.7 Å². The molecule has 19 heteroatoms. The Morgan fingerprint density at radius 3 is 0.894 bits per heavy atom. The minimum atomic E-state index is -4.95. The quantitative estimate of drug-likeness (QED) is 0.0222. The van der Waals surface area contributed by atoms with Crippen LogP contribution in [0, 0.1) is 17.8 Å². The standard InChI is InChI=1S/C66H128O17P2/c1-8-11-12-13-14-18-25-33-40-47-63(68)76-54-62(83-66(71)50-43-36-29-28-32-39-46-59(7)10-3)56-81-85(74,75)79-52-60(67)51-78-84(72,73)80-55-61(53-77-64(69)48-41-34-26-22-21-24-31-38-45-58(6)9-2)82-65(70)49-42-35-27-20-17-15-16-19-23-30-37-44-57(4)5/h57-62,67H,8-56H2,1-7H3,(H,72,73)(H,74,75)/t58?,59?,60-,61-,62-/m1/s1. The fraction of sp³-hybridized carbons (Fsp3) is 0.939. The average molecular weight is 1260 g/mol. The van der Waals surface area contributed by atoms with Crippen LogP contribution < -0.4 is 0 Å². The molecule has 0 aliphatic carbocycles. The van der Waals surface area contributed by atoms with Crippen molar-refractivity contribution >= 4 is 39.5 Å². The first-order valence-electron chi connectivity index (χ1n) is 34.4. The first-order chi connectivity index (χ1) is 40.8. The van der Waals surface area contributed by atoms with Gasteiger partial charge in [-0.2, -0.15) is 0 Å². The summed E-state index contributed by atoms with van der Waals surface area (Å²) < 4.78 is 68.1. The molecule has 0 saturated carbocycles. The lowest BCUT2D eigenvalue weighted by Crippen LogP contribution is -2.30. The van der Waals surface area contributed by atoms with E-state index < -0.39 is 97.5 Å². The molecule has 0 aliphatic heterocycles. The molecule has 0 bridgehead atoms. The van der Waals surface area contributed by atoms with Gasteiger partial charge >= 0.3 is 39.5 Å². The summed E-state index contributed by atoms with van der Waals surface area (Å²) in [5, 5.41) is 10.5. The molecule has 7 atom stereocenters. The number of rotatable bonds is 64. The van der Waals surface area contributed by atoms with Gasteiger partial charge in [-0.1, -0.05) is 273 Å². The summed E-state index contributed by atoms with van der Waals surface area (Å²) in [6.07, 6.45) is 38.9. The van der Waals surface area contributed by atoms with Gasteiger partial charge in [-0.15, -0.1) is 0 Å². The molecule has 17 nitrogen and oxygen atoms in total. The lowest BCUT2D eigenvalue weighted by molar-refractivity contribution is -0.161. The van der Waals surface area contributed by atoms with Crippen LogP contribution >= 0.6 is 15.6 Å². The number of unbranched alkanes of at least 4 members (excludes halogenated alkanes) is 30. The van der Waals surface area contributed by atoms with Crippen molar-refractivity contribution in [3.63, 3.8) is 0 Å². The summed E-state index contributed by atoms with van der Waals surface area (Å²) in [7, 11) is -9.89. The molecule has 0 heterocycles. The van der Waals surface area contributed by atoms with Crippen LogP contribution in [0.25, 0.3) is 0 Å². The third-order valence-electron chi connectivity index (χ3n) is 15.9. The van der Waals surface area contributed by atoms with Crippen molar-refractivity contribution in [2.45, 2.75) is 343 Å². The highest BCUT2D eigenvalue weighted by atomic mass is 31.2. The Kier molecular flexibility index (Phi) is 55.9. The number of carbonyl (C=O) groups excluding carboxylic acids is 4. The molecule has 0 fully saturated rings. The van der Waals surface area contributed by atoms with Gasteiger partial charge in [0.1, 0.15) is 19.3 Å². The summed E-state index contributed by atoms with van der Waals surface area (Å²) in [5.74, 6) is 0.127. The summed E-state index contributed by atoms with van der Waals surface area (Å²) in [4.78, 5) is 72.3. The van der Waals surface area contributed by atoms with Gasteiger partial charge in [-0.25, -0.2) is 9.13 Å². The molecule has 0 saturated heterocycles. The fourth-order valence-corrected chi connectivity index (χ4v) is 11.3. The van der Waals surface area contributed by atoms with E-state index in [0.29, 0.717) is 25.7 Å².